The standard InChI is InChI=1S/C14H25N3S/c1-4-14(3,17-7-5-6-8-17)13(15)9-12-10-18-11(2)16-12/h10,13H,4-9,15H2,1-3H3. The molecular formula is C14H25N3S. The fraction of sp³-hybridized carbons (Fsp3) is 0.786. The molecule has 2 atom stereocenters. The molecule has 0 spiro atoms. The summed E-state index contributed by atoms with van der Waals surface area (Å²) < 4.78 is 0. The molecule has 2 unspecified atom stereocenters. The van der Waals surface area contributed by atoms with Crippen LogP contribution in [0.25, 0.3) is 0 Å². The Balaban J connectivity index is 2.06. The number of hydrogen-bond donors (Lipinski definition) is 1. The van der Waals surface area contributed by atoms with Crippen LogP contribution in [0.15, 0.2) is 5.38 Å². The first-order valence-corrected chi connectivity index (χ1v) is 7.86. The van der Waals surface area contributed by atoms with Crippen LogP contribution >= 0.6 is 11.3 Å². The summed E-state index contributed by atoms with van der Waals surface area (Å²) in [5.41, 5.74) is 7.78. The Hall–Kier alpha value is -0.450. The van der Waals surface area contributed by atoms with Gasteiger partial charge in [-0.2, -0.15) is 0 Å². The van der Waals surface area contributed by atoms with Gasteiger partial charge in [0, 0.05) is 23.4 Å². The molecule has 4 heteroatoms. The normalized spacial score (nSPS) is 22.0. The number of rotatable bonds is 5. The molecule has 0 aliphatic carbocycles. The first-order chi connectivity index (χ1) is 8.56. The van der Waals surface area contributed by atoms with E-state index in [0.717, 1.165) is 23.5 Å². The number of likely N-dealkylation sites (tertiary alicyclic amines) is 1. The van der Waals surface area contributed by atoms with E-state index in [4.69, 9.17) is 5.73 Å². The molecule has 2 heterocycles. The maximum Gasteiger partial charge on any atom is 0.0897 e. The predicted octanol–water partition coefficient (Wildman–Crippen LogP) is 2.59. The zero-order chi connectivity index (χ0) is 13.2. The van der Waals surface area contributed by atoms with Gasteiger partial charge in [0.25, 0.3) is 0 Å². The van der Waals surface area contributed by atoms with Crippen molar-refractivity contribution in [1.29, 1.82) is 0 Å². The lowest BCUT2D eigenvalue weighted by atomic mass is 9.85. The minimum atomic E-state index is 0.119. The summed E-state index contributed by atoms with van der Waals surface area (Å²) in [5.74, 6) is 0. The van der Waals surface area contributed by atoms with E-state index in [2.05, 4.69) is 36.0 Å². The SMILES string of the molecule is CCC(C)(C(N)Cc1csc(C)n1)N1CCCC1. The zero-order valence-electron chi connectivity index (χ0n) is 11.8. The monoisotopic (exact) mass is 267 g/mol. The molecule has 2 N–H and O–H groups in total. The molecule has 1 aliphatic rings. The Labute approximate surface area is 114 Å². The van der Waals surface area contributed by atoms with Crippen LogP contribution in [-0.4, -0.2) is 34.6 Å². The van der Waals surface area contributed by atoms with Crippen molar-refractivity contribution >= 4 is 11.3 Å². The van der Waals surface area contributed by atoms with Crippen molar-refractivity contribution < 1.29 is 0 Å². The summed E-state index contributed by atoms with van der Waals surface area (Å²) in [6, 6.07) is 0.169. The number of hydrogen-bond acceptors (Lipinski definition) is 4. The molecule has 1 aliphatic heterocycles. The lowest BCUT2D eigenvalue weighted by Gasteiger charge is -2.42. The highest BCUT2D eigenvalue weighted by molar-refractivity contribution is 7.09. The average Bonchev–Trinajstić information content (AvgIpc) is 2.99. The number of aryl methyl sites for hydroxylation is 1. The van der Waals surface area contributed by atoms with Crippen LogP contribution in [0.3, 0.4) is 0 Å². The zero-order valence-corrected chi connectivity index (χ0v) is 12.6. The van der Waals surface area contributed by atoms with Crippen molar-refractivity contribution in [2.75, 3.05) is 13.1 Å². The number of thiazole rings is 1. The van der Waals surface area contributed by atoms with Crippen LogP contribution in [-0.2, 0) is 6.42 Å². The van der Waals surface area contributed by atoms with Gasteiger partial charge < -0.3 is 5.73 Å². The highest BCUT2D eigenvalue weighted by Gasteiger charge is 2.37. The average molecular weight is 267 g/mol. The molecule has 1 aromatic rings. The first kappa shape index (κ1) is 14.0. The van der Waals surface area contributed by atoms with Crippen molar-refractivity contribution in [3.63, 3.8) is 0 Å². The number of nitrogens with zero attached hydrogens (tertiary/aromatic N) is 2. The minimum absolute atomic E-state index is 0.119. The summed E-state index contributed by atoms with van der Waals surface area (Å²) in [7, 11) is 0. The van der Waals surface area contributed by atoms with Gasteiger partial charge in [0.05, 0.1) is 10.7 Å². The van der Waals surface area contributed by atoms with E-state index in [1.54, 1.807) is 11.3 Å². The lowest BCUT2D eigenvalue weighted by molar-refractivity contribution is 0.0995. The third-order valence-electron chi connectivity index (χ3n) is 4.44. The Morgan fingerprint density at radius 2 is 2.17 bits per heavy atom. The van der Waals surface area contributed by atoms with Crippen LogP contribution in [0.1, 0.15) is 43.8 Å². The van der Waals surface area contributed by atoms with E-state index in [0.29, 0.717) is 0 Å². The van der Waals surface area contributed by atoms with Gasteiger partial charge in [-0.1, -0.05) is 6.92 Å². The third kappa shape index (κ3) is 2.76. The van der Waals surface area contributed by atoms with E-state index in [9.17, 15) is 0 Å². The molecule has 2 rings (SSSR count). The van der Waals surface area contributed by atoms with Gasteiger partial charge in [0.15, 0.2) is 0 Å². The van der Waals surface area contributed by atoms with Gasteiger partial charge in [-0.15, -0.1) is 11.3 Å². The molecule has 0 bridgehead atoms. The van der Waals surface area contributed by atoms with Crippen molar-refractivity contribution in [1.82, 2.24) is 9.88 Å². The topological polar surface area (TPSA) is 42.1 Å². The molecule has 102 valence electrons. The Morgan fingerprint density at radius 3 is 2.67 bits per heavy atom. The van der Waals surface area contributed by atoms with Crippen LogP contribution in [0.5, 0.6) is 0 Å². The molecule has 1 saturated heterocycles. The molecule has 0 aromatic carbocycles. The summed E-state index contributed by atoms with van der Waals surface area (Å²) in [6.45, 7) is 9.04. The Morgan fingerprint density at radius 1 is 1.50 bits per heavy atom. The van der Waals surface area contributed by atoms with Gasteiger partial charge in [-0.25, -0.2) is 4.98 Å². The van der Waals surface area contributed by atoms with E-state index < -0.39 is 0 Å². The van der Waals surface area contributed by atoms with E-state index in [1.807, 2.05) is 0 Å². The van der Waals surface area contributed by atoms with E-state index >= 15 is 0 Å². The largest absolute Gasteiger partial charge is 0.326 e. The second-order valence-corrected chi connectivity index (χ2v) is 6.64. The highest BCUT2D eigenvalue weighted by atomic mass is 32.1. The molecule has 0 radical (unpaired) electrons. The van der Waals surface area contributed by atoms with Crippen LogP contribution in [0.4, 0.5) is 0 Å². The van der Waals surface area contributed by atoms with Crippen molar-refractivity contribution in [3.05, 3.63) is 16.1 Å². The first-order valence-electron chi connectivity index (χ1n) is 6.98. The molecular weight excluding hydrogens is 242 g/mol. The molecule has 1 fully saturated rings. The maximum absolute atomic E-state index is 6.51. The molecule has 1 aromatic heterocycles. The smallest absolute Gasteiger partial charge is 0.0897 e. The fourth-order valence-electron chi connectivity index (χ4n) is 2.90. The highest BCUT2D eigenvalue weighted by Crippen LogP contribution is 2.28. The summed E-state index contributed by atoms with van der Waals surface area (Å²) in [6.07, 6.45) is 4.64. The number of aromatic nitrogens is 1. The van der Waals surface area contributed by atoms with Gasteiger partial charge in [-0.05, 0) is 46.2 Å². The van der Waals surface area contributed by atoms with Crippen molar-refractivity contribution in [2.24, 2.45) is 5.73 Å². The second-order valence-electron chi connectivity index (χ2n) is 5.57. The van der Waals surface area contributed by atoms with Gasteiger partial charge in [0.2, 0.25) is 0 Å². The van der Waals surface area contributed by atoms with Crippen molar-refractivity contribution in [3.8, 4) is 0 Å². The quantitative estimate of drug-likeness (QED) is 0.891. The van der Waals surface area contributed by atoms with Gasteiger partial charge >= 0.3 is 0 Å². The Bertz CT molecular complexity index is 384. The van der Waals surface area contributed by atoms with E-state index in [1.165, 1.54) is 25.9 Å². The summed E-state index contributed by atoms with van der Waals surface area (Å²) >= 11 is 1.72. The fourth-order valence-corrected chi connectivity index (χ4v) is 3.52. The lowest BCUT2D eigenvalue weighted by Crippen LogP contribution is -2.57. The van der Waals surface area contributed by atoms with Crippen LogP contribution in [0, 0.1) is 6.92 Å². The summed E-state index contributed by atoms with van der Waals surface area (Å²) in [5, 5.41) is 3.28. The predicted molar refractivity (Wildman–Crippen MR) is 78.0 cm³/mol. The van der Waals surface area contributed by atoms with Gasteiger partial charge in [0.1, 0.15) is 0 Å². The molecule has 0 amide bonds. The molecule has 18 heavy (non-hydrogen) atoms. The molecule has 3 nitrogen and oxygen atoms in total. The van der Waals surface area contributed by atoms with Crippen molar-refractivity contribution in [2.45, 2.75) is 58.0 Å². The third-order valence-corrected chi connectivity index (χ3v) is 5.26. The second kappa shape index (κ2) is 5.68. The molecule has 0 saturated carbocycles. The minimum Gasteiger partial charge on any atom is -0.326 e. The number of nitrogens with two attached hydrogens (primary N) is 1. The van der Waals surface area contributed by atoms with Gasteiger partial charge in [-0.3, -0.25) is 4.90 Å². The Kier molecular flexibility index (Phi) is 4.41. The summed E-state index contributed by atoms with van der Waals surface area (Å²) in [4.78, 5) is 7.13. The van der Waals surface area contributed by atoms with E-state index in [-0.39, 0.29) is 11.6 Å². The van der Waals surface area contributed by atoms with Crippen LogP contribution < -0.4 is 5.73 Å². The maximum atomic E-state index is 6.51. The van der Waals surface area contributed by atoms with Crippen LogP contribution in [0.2, 0.25) is 0 Å².